The molecule has 1 unspecified atom stereocenters. The van der Waals surface area contributed by atoms with Crippen molar-refractivity contribution in [1.82, 2.24) is 0 Å². The third-order valence-electron chi connectivity index (χ3n) is 5.13. The highest BCUT2D eigenvalue weighted by molar-refractivity contribution is 8.08. The first kappa shape index (κ1) is 12.0. The molecule has 21 heavy (non-hydrogen) atoms. The lowest BCUT2D eigenvalue weighted by atomic mass is 10.0. The van der Waals surface area contributed by atoms with Crippen LogP contribution in [-0.4, -0.2) is 7.57 Å². The number of benzene rings is 3. The smallest absolute Gasteiger partial charge is 0.0552 e. The van der Waals surface area contributed by atoms with Gasteiger partial charge in [0, 0.05) is 16.9 Å². The highest BCUT2D eigenvalue weighted by atomic mass is 31.2. The topological polar surface area (TPSA) is 0 Å². The fourth-order valence-corrected chi connectivity index (χ4v) is 7.25. The molecule has 0 fully saturated rings. The molecule has 0 bridgehead atoms. The molecule has 2 heteroatoms. The zero-order valence-electron chi connectivity index (χ0n) is 11.8. The van der Waals surface area contributed by atoms with Crippen LogP contribution in [0.4, 0.5) is 0 Å². The lowest BCUT2D eigenvalue weighted by Gasteiger charge is -2.32. The van der Waals surface area contributed by atoms with Crippen LogP contribution in [-0.2, 0) is 19.0 Å². The molecular formula is C19H15BP. The first-order valence-corrected chi connectivity index (χ1v) is 9.61. The van der Waals surface area contributed by atoms with Crippen LogP contribution < -0.4 is 10.6 Å². The molecule has 1 aliphatic carbocycles. The summed E-state index contributed by atoms with van der Waals surface area (Å²) >= 11 is 0. The van der Waals surface area contributed by atoms with Crippen LogP contribution in [0.3, 0.4) is 0 Å². The van der Waals surface area contributed by atoms with E-state index in [2.05, 4.69) is 54.6 Å². The Morgan fingerprint density at radius 2 is 1.38 bits per heavy atom. The van der Waals surface area contributed by atoms with E-state index >= 15 is 0 Å². The van der Waals surface area contributed by atoms with Crippen LogP contribution in [0.2, 0.25) is 0 Å². The molecular weight excluding hydrogens is 270 g/mol. The van der Waals surface area contributed by atoms with Gasteiger partial charge in [-0.2, -0.15) is 7.14 Å². The van der Waals surface area contributed by atoms with Gasteiger partial charge in [-0.05, 0) is 53.1 Å². The van der Waals surface area contributed by atoms with Crippen molar-refractivity contribution in [2.45, 2.75) is 19.0 Å². The molecule has 3 aromatic rings. The second-order valence-electron chi connectivity index (χ2n) is 6.24. The summed E-state index contributed by atoms with van der Waals surface area (Å²) in [5, 5.41) is 5.76. The molecule has 1 aliphatic heterocycles. The van der Waals surface area contributed by atoms with E-state index in [-0.39, 0.29) is 0 Å². The molecule has 2 aliphatic rings. The lowest BCUT2D eigenvalue weighted by Crippen LogP contribution is -2.20. The molecule has 0 N–H and O–H groups in total. The van der Waals surface area contributed by atoms with E-state index in [4.69, 9.17) is 7.57 Å². The summed E-state index contributed by atoms with van der Waals surface area (Å²) in [5.41, 5.74) is 4.51. The quantitative estimate of drug-likeness (QED) is 0.474. The predicted octanol–water partition coefficient (Wildman–Crippen LogP) is 3.50. The molecule has 0 saturated heterocycles. The van der Waals surface area contributed by atoms with Gasteiger partial charge in [-0.15, -0.1) is 0 Å². The average Bonchev–Trinajstić information content (AvgIpc) is 3.07. The van der Waals surface area contributed by atoms with Crippen molar-refractivity contribution >= 4 is 36.1 Å². The first-order chi connectivity index (χ1) is 10.3. The van der Waals surface area contributed by atoms with E-state index in [1.54, 1.807) is 0 Å². The molecule has 0 nitrogen and oxygen atoms in total. The van der Waals surface area contributed by atoms with E-state index in [9.17, 15) is 0 Å². The predicted molar refractivity (Wildman–Crippen MR) is 93.4 cm³/mol. The van der Waals surface area contributed by atoms with Crippen LogP contribution in [0.1, 0.15) is 16.7 Å². The summed E-state index contributed by atoms with van der Waals surface area (Å²) in [6.45, 7) is 0. The molecule has 99 valence electrons. The molecule has 5 rings (SSSR count). The molecule has 1 atom stereocenters. The Morgan fingerprint density at radius 1 is 0.714 bits per heavy atom. The molecule has 3 aromatic carbocycles. The van der Waals surface area contributed by atoms with Crippen molar-refractivity contribution in [1.29, 1.82) is 0 Å². The number of rotatable bonds is 1. The van der Waals surface area contributed by atoms with Crippen molar-refractivity contribution in [3.05, 3.63) is 71.3 Å². The van der Waals surface area contributed by atoms with E-state index in [1.165, 1.54) is 50.9 Å². The van der Waals surface area contributed by atoms with Gasteiger partial charge in [-0.3, -0.25) is 7.57 Å². The van der Waals surface area contributed by atoms with Gasteiger partial charge in [0.1, 0.15) is 0 Å². The Bertz CT molecular complexity index is 875. The third kappa shape index (κ3) is 1.45. The Hall–Kier alpha value is -1.59. The van der Waals surface area contributed by atoms with Crippen molar-refractivity contribution in [3.8, 4) is 0 Å². The zero-order valence-corrected chi connectivity index (χ0v) is 12.7. The molecule has 0 saturated carbocycles. The van der Waals surface area contributed by atoms with E-state index in [0.29, 0.717) is 0 Å². The van der Waals surface area contributed by atoms with E-state index in [1.807, 2.05) is 0 Å². The molecule has 0 amide bonds. The highest BCUT2D eigenvalue weighted by Crippen LogP contribution is 2.61. The molecule has 3 radical (unpaired) electrons. The average molecular weight is 285 g/mol. The fourth-order valence-electron chi connectivity index (χ4n) is 4.12. The van der Waals surface area contributed by atoms with Gasteiger partial charge in [0.2, 0.25) is 0 Å². The van der Waals surface area contributed by atoms with Crippen molar-refractivity contribution in [2.75, 3.05) is 0 Å². The summed E-state index contributed by atoms with van der Waals surface area (Å²) < 4.78 is 0. The minimum atomic E-state index is -1.74. The fraction of sp³-hybridized carbons (Fsp3) is 0.158. The lowest BCUT2D eigenvalue weighted by molar-refractivity contribution is 1.02. The zero-order chi connectivity index (χ0) is 14.0. The number of aryl methyl sites for hydroxylation is 2. The van der Waals surface area contributed by atoms with Crippen LogP contribution in [0.5, 0.6) is 0 Å². The van der Waals surface area contributed by atoms with Crippen LogP contribution >= 0.6 is 7.14 Å². The van der Waals surface area contributed by atoms with Crippen molar-refractivity contribution in [3.63, 3.8) is 0 Å². The summed E-state index contributed by atoms with van der Waals surface area (Å²) in [6, 6.07) is 20.0. The Morgan fingerprint density at radius 3 is 2.14 bits per heavy atom. The summed E-state index contributed by atoms with van der Waals surface area (Å²) in [6.07, 6.45) is 3.40. The largest absolute Gasteiger partial charge is 0.291 e. The van der Waals surface area contributed by atoms with Gasteiger partial charge in [-0.25, -0.2) is 0 Å². The van der Waals surface area contributed by atoms with Crippen molar-refractivity contribution < 1.29 is 0 Å². The normalized spacial score (nSPS) is 22.1. The van der Waals surface area contributed by atoms with Gasteiger partial charge >= 0.3 is 0 Å². The highest BCUT2D eigenvalue weighted by Gasteiger charge is 2.36. The maximum Gasteiger partial charge on any atom is 0.0552 e. The van der Waals surface area contributed by atoms with Gasteiger partial charge in [0.05, 0.1) is 5.30 Å². The second kappa shape index (κ2) is 3.99. The Labute approximate surface area is 126 Å². The Balaban J connectivity index is 1.87. The standard InChI is InChI=1S/C19H15BP/c20-21(16-4-2-1-3-5-16)12-15-9-8-13-6-7-14-10-11-17(21)19(15)18(13)14/h1-5,8-11H,6-7,12H2. The summed E-state index contributed by atoms with van der Waals surface area (Å²) in [5.74, 6) is 0. The van der Waals surface area contributed by atoms with Gasteiger partial charge in [-0.1, -0.05) is 36.4 Å². The monoisotopic (exact) mass is 285 g/mol. The van der Waals surface area contributed by atoms with Gasteiger partial charge < -0.3 is 0 Å². The molecule has 0 spiro atoms. The summed E-state index contributed by atoms with van der Waals surface area (Å²) in [7, 11) is 5.28. The van der Waals surface area contributed by atoms with Crippen LogP contribution in [0.15, 0.2) is 54.6 Å². The third-order valence-corrected chi connectivity index (χ3v) is 8.42. The SMILES string of the molecule is [B-][P+]1(c2ccccc2)Cc2ccc3c4c(ccc1c24)CC3. The number of hydrogen-bond donors (Lipinski definition) is 0. The van der Waals surface area contributed by atoms with Crippen LogP contribution in [0, 0.1) is 0 Å². The number of hydrogen-bond acceptors (Lipinski definition) is 0. The van der Waals surface area contributed by atoms with Gasteiger partial charge in [0.15, 0.2) is 0 Å². The first-order valence-electron chi connectivity index (χ1n) is 7.56. The van der Waals surface area contributed by atoms with Crippen LogP contribution in [0.25, 0.3) is 10.8 Å². The molecule has 1 heterocycles. The Kier molecular flexibility index (Phi) is 2.28. The minimum absolute atomic E-state index is 1.02. The maximum atomic E-state index is 7.02. The van der Waals surface area contributed by atoms with Crippen molar-refractivity contribution in [2.24, 2.45) is 0 Å². The van der Waals surface area contributed by atoms with E-state index < -0.39 is 7.14 Å². The maximum absolute atomic E-state index is 7.02. The molecule has 0 aromatic heterocycles. The van der Waals surface area contributed by atoms with E-state index in [0.717, 1.165) is 6.16 Å². The van der Waals surface area contributed by atoms with Gasteiger partial charge in [0.25, 0.3) is 0 Å². The minimum Gasteiger partial charge on any atom is -0.291 e. The second-order valence-corrected chi connectivity index (χ2v) is 9.29. The summed E-state index contributed by atoms with van der Waals surface area (Å²) in [4.78, 5) is 0.